The third-order valence-electron chi connectivity index (χ3n) is 3.98. The van der Waals surface area contributed by atoms with Gasteiger partial charge >= 0.3 is 0 Å². The molecule has 0 bridgehead atoms. The number of aryl methyl sites for hydroxylation is 1. The van der Waals surface area contributed by atoms with Crippen molar-refractivity contribution in [1.82, 2.24) is 13.6 Å². The first-order valence-corrected chi connectivity index (χ1v) is 9.05. The number of nitrogens with zero attached hydrogens (tertiary/aromatic N) is 3. The topological polar surface area (TPSA) is 98.0 Å². The predicted octanol–water partition coefficient (Wildman–Crippen LogP) is -0.0775. The number of hydrogen-bond acceptors (Lipinski definition) is 6. The Balaban J connectivity index is 1.77. The highest BCUT2D eigenvalue weighted by atomic mass is 32.2. The van der Waals surface area contributed by atoms with Crippen LogP contribution in [0, 0.1) is 6.92 Å². The summed E-state index contributed by atoms with van der Waals surface area (Å²) in [6.45, 7) is 4.42. The average molecular weight is 342 g/mol. The van der Waals surface area contributed by atoms with Crippen molar-refractivity contribution >= 4 is 15.9 Å². The molecule has 2 aliphatic heterocycles. The average Bonchev–Trinajstić information content (AvgIpc) is 2.55. The van der Waals surface area contributed by atoms with E-state index in [1.54, 1.807) is 12.1 Å². The lowest BCUT2D eigenvalue weighted by atomic mass is 10.2. The summed E-state index contributed by atoms with van der Waals surface area (Å²) in [4.78, 5) is 4.43. The Bertz CT molecular complexity index is 640. The van der Waals surface area contributed by atoms with E-state index in [-0.39, 0.29) is 6.54 Å². The van der Waals surface area contributed by atoms with Gasteiger partial charge in [0.05, 0.1) is 25.5 Å². The van der Waals surface area contributed by atoms with Crippen LogP contribution in [0.25, 0.3) is 0 Å². The maximum absolute atomic E-state index is 12.7. The number of aromatic nitrogens is 1. The number of anilines is 1. The molecule has 23 heavy (non-hydrogen) atoms. The van der Waals surface area contributed by atoms with Crippen LogP contribution in [0.3, 0.4) is 0 Å². The van der Waals surface area contributed by atoms with E-state index in [0.29, 0.717) is 50.8 Å². The Kier molecular flexibility index (Phi) is 4.83. The minimum absolute atomic E-state index is 0.246. The van der Waals surface area contributed by atoms with Crippen LogP contribution in [0.1, 0.15) is 17.5 Å². The van der Waals surface area contributed by atoms with Crippen LogP contribution in [0.5, 0.6) is 0 Å². The molecule has 0 radical (unpaired) electrons. The van der Waals surface area contributed by atoms with Crippen LogP contribution >= 0.6 is 0 Å². The monoisotopic (exact) mass is 342 g/mol. The standard InChI is InChI=1S/C14H22N4O4S/c1-11-8-12(15)9-13(16-11)14-10-18(4-7-22-14)23(19,20)17-2-5-21-6-3-17/h8-9,14H,2-7,10H2,1H3,(H2,15,16)/t14-/m0/s1. The summed E-state index contributed by atoms with van der Waals surface area (Å²) < 4.78 is 39.4. The summed E-state index contributed by atoms with van der Waals surface area (Å²) in [6, 6.07) is 3.51. The molecule has 2 aliphatic rings. The van der Waals surface area contributed by atoms with E-state index in [4.69, 9.17) is 15.2 Å². The number of rotatable bonds is 3. The summed E-state index contributed by atoms with van der Waals surface area (Å²) in [6.07, 6.45) is -0.401. The third kappa shape index (κ3) is 3.64. The van der Waals surface area contributed by atoms with Gasteiger partial charge < -0.3 is 15.2 Å². The molecular weight excluding hydrogens is 320 g/mol. The SMILES string of the molecule is Cc1cc(N)cc([C@@H]2CN(S(=O)(=O)N3CCOCC3)CCO2)n1. The molecule has 0 aliphatic carbocycles. The first-order valence-electron chi connectivity index (χ1n) is 7.65. The van der Waals surface area contributed by atoms with Gasteiger partial charge in [0.1, 0.15) is 6.10 Å². The van der Waals surface area contributed by atoms with Crippen molar-refractivity contribution in [2.24, 2.45) is 0 Å². The van der Waals surface area contributed by atoms with Crippen molar-refractivity contribution in [2.45, 2.75) is 13.0 Å². The first-order chi connectivity index (χ1) is 11.0. The fourth-order valence-electron chi connectivity index (χ4n) is 2.84. The van der Waals surface area contributed by atoms with Gasteiger partial charge in [-0.05, 0) is 19.1 Å². The van der Waals surface area contributed by atoms with Crippen molar-refractivity contribution in [2.75, 3.05) is 51.7 Å². The van der Waals surface area contributed by atoms with E-state index in [0.717, 1.165) is 5.69 Å². The number of ether oxygens (including phenoxy) is 2. The molecule has 3 rings (SSSR count). The van der Waals surface area contributed by atoms with Gasteiger partial charge in [0.15, 0.2) is 0 Å². The molecule has 0 saturated carbocycles. The maximum Gasteiger partial charge on any atom is 0.282 e. The molecule has 0 aromatic carbocycles. The molecule has 2 saturated heterocycles. The molecule has 9 heteroatoms. The van der Waals surface area contributed by atoms with Crippen molar-refractivity contribution in [3.05, 3.63) is 23.5 Å². The van der Waals surface area contributed by atoms with Gasteiger partial charge in [0, 0.05) is 37.6 Å². The molecule has 8 nitrogen and oxygen atoms in total. The molecule has 0 unspecified atom stereocenters. The summed E-state index contributed by atoms with van der Waals surface area (Å²) in [7, 11) is -3.50. The molecule has 1 atom stereocenters. The number of pyridine rings is 1. The number of nitrogens with two attached hydrogens (primary N) is 1. The van der Waals surface area contributed by atoms with Crippen LogP contribution in [-0.4, -0.2) is 68.0 Å². The predicted molar refractivity (Wildman–Crippen MR) is 85.0 cm³/mol. The van der Waals surface area contributed by atoms with E-state index in [1.165, 1.54) is 8.61 Å². The largest absolute Gasteiger partial charge is 0.399 e. The minimum Gasteiger partial charge on any atom is -0.399 e. The van der Waals surface area contributed by atoms with Crippen LogP contribution in [0.4, 0.5) is 5.69 Å². The Morgan fingerprint density at radius 2 is 1.87 bits per heavy atom. The van der Waals surface area contributed by atoms with Crippen LogP contribution in [0.15, 0.2) is 12.1 Å². The molecule has 1 aromatic rings. The van der Waals surface area contributed by atoms with Crippen molar-refractivity contribution in [1.29, 1.82) is 0 Å². The zero-order valence-corrected chi connectivity index (χ0v) is 14.0. The first kappa shape index (κ1) is 16.6. The molecule has 2 N–H and O–H groups in total. The number of morpholine rings is 2. The van der Waals surface area contributed by atoms with Crippen LogP contribution in [0.2, 0.25) is 0 Å². The summed E-state index contributed by atoms with van der Waals surface area (Å²) in [5, 5.41) is 0. The van der Waals surface area contributed by atoms with Crippen molar-refractivity contribution < 1.29 is 17.9 Å². The van der Waals surface area contributed by atoms with Crippen LogP contribution in [-0.2, 0) is 19.7 Å². The molecular formula is C14H22N4O4S. The highest BCUT2D eigenvalue weighted by molar-refractivity contribution is 7.86. The van der Waals surface area contributed by atoms with E-state index < -0.39 is 16.3 Å². The van der Waals surface area contributed by atoms with E-state index in [1.807, 2.05) is 6.92 Å². The van der Waals surface area contributed by atoms with Gasteiger partial charge in [-0.15, -0.1) is 0 Å². The highest BCUT2D eigenvalue weighted by Gasteiger charge is 2.35. The molecule has 128 valence electrons. The third-order valence-corrected chi connectivity index (χ3v) is 5.98. The molecule has 3 heterocycles. The zero-order valence-electron chi connectivity index (χ0n) is 13.1. The van der Waals surface area contributed by atoms with E-state index in [9.17, 15) is 8.42 Å². The Morgan fingerprint density at radius 3 is 2.57 bits per heavy atom. The van der Waals surface area contributed by atoms with E-state index in [2.05, 4.69) is 4.98 Å². The van der Waals surface area contributed by atoms with Crippen LogP contribution < -0.4 is 5.73 Å². The maximum atomic E-state index is 12.7. The molecule has 2 fully saturated rings. The number of nitrogen functional groups attached to an aromatic ring is 1. The molecule has 0 amide bonds. The van der Waals surface area contributed by atoms with Gasteiger partial charge in [0.2, 0.25) is 0 Å². The van der Waals surface area contributed by atoms with Crippen molar-refractivity contribution in [3.63, 3.8) is 0 Å². The van der Waals surface area contributed by atoms with Gasteiger partial charge in [-0.2, -0.15) is 17.0 Å². The van der Waals surface area contributed by atoms with Crippen molar-refractivity contribution in [3.8, 4) is 0 Å². The second-order valence-electron chi connectivity index (χ2n) is 5.70. The van der Waals surface area contributed by atoms with Gasteiger partial charge in [-0.1, -0.05) is 0 Å². The number of hydrogen-bond donors (Lipinski definition) is 1. The smallest absolute Gasteiger partial charge is 0.282 e. The Morgan fingerprint density at radius 1 is 1.17 bits per heavy atom. The van der Waals surface area contributed by atoms with Gasteiger partial charge in [-0.25, -0.2) is 0 Å². The fraction of sp³-hybridized carbons (Fsp3) is 0.643. The normalized spacial score (nSPS) is 24.7. The molecule has 0 spiro atoms. The second kappa shape index (κ2) is 6.70. The zero-order chi connectivity index (χ0) is 16.4. The summed E-state index contributed by atoms with van der Waals surface area (Å²) >= 11 is 0. The minimum atomic E-state index is -3.50. The lowest BCUT2D eigenvalue weighted by Gasteiger charge is -2.36. The Hall–Kier alpha value is -1.26. The lowest BCUT2D eigenvalue weighted by Crippen LogP contribution is -2.52. The molecule has 1 aromatic heterocycles. The quantitative estimate of drug-likeness (QED) is 0.825. The fourth-order valence-corrected chi connectivity index (χ4v) is 4.41. The Labute approximate surface area is 136 Å². The lowest BCUT2D eigenvalue weighted by molar-refractivity contribution is -0.00847. The summed E-state index contributed by atoms with van der Waals surface area (Å²) in [5.74, 6) is 0. The van der Waals surface area contributed by atoms with Gasteiger partial charge in [-0.3, -0.25) is 4.98 Å². The summed E-state index contributed by atoms with van der Waals surface area (Å²) in [5.41, 5.74) is 7.91. The highest BCUT2D eigenvalue weighted by Crippen LogP contribution is 2.25. The second-order valence-corrected chi connectivity index (χ2v) is 7.63. The van der Waals surface area contributed by atoms with Gasteiger partial charge in [0.25, 0.3) is 10.2 Å². The van der Waals surface area contributed by atoms with E-state index >= 15 is 0 Å².